The maximum Gasteiger partial charge on any atom is 0.124 e. The number of aryl methyl sites for hydroxylation is 1. The summed E-state index contributed by atoms with van der Waals surface area (Å²) in [6.45, 7) is 11.6. The van der Waals surface area contributed by atoms with E-state index >= 15 is 0 Å². The fourth-order valence-corrected chi connectivity index (χ4v) is 2.26. The van der Waals surface area contributed by atoms with Gasteiger partial charge in [0.05, 0.1) is 6.61 Å². The molecule has 102 valence electrons. The van der Waals surface area contributed by atoms with Crippen molar-refractivity contribution in [2.75, 3.05) is 6.61 Å². The number of nitrogens with two attached hydrogens (primary N) is 1. The van der Waals surface area contributed by atoms with Crippen molar-refractivity contribution in [1.29, 1.82) is 0 Å². The lowest BCUT2D eigenvalue weighted by molar-refractivity contribution is 0.236. The average Bonchev–Trinajstić information content (AvgIpc) is 2.26. The summed E-state index contributed by atoms with van der Waals surface area (Å²) in [5.74, 6) is 2.23. The van der Waals surface area contributed by atoms with Gasteiger partial charge in [0.2, 0.25) is 0 Å². The molecule has 0 aromatic heterocycles. The highest BCUT2D eigenvalue weighted by atomic mass is 16.5. The molecule has 0 aliphatic carbocycles. The van der Waals surface area contributed by atoms with Crippen LogP contribution in [0.4, 0.5) is 0 Å². The van der Waals surface area contributed by atoms with E-state index in [1.165, 1.54) is 12.0 Å². The highest BCUT2D eigenvalue weighted by Crippen LogP contribution is 2.26. The van der Waals surface area contributed by atoms with Crippen LogP contribution in [0.15, 0.2) is 18.2 Å². The van der Waals surface area contributed by atoms with Gasteiger partial charge >= 0.3 is 0 Å². The van der Waals surface area contributed by atoms with Gasteiger partial charge in [-0.2, -0.15) is 0 Å². The van der Waals surface area contributed by atoms with Gasteiger partial charge in [0.25, 0.3) is 0 Å². The number of hydrogen-bond donors (Lipinski definition) is 1. The molecule has 2 heteroatoms. The number of ether oxygens (including phenoxy) is 1. The van der Waals surface area contributed by atoms with Gasteiger partial charge in [0, 0.05) is 11.6 Å². The first-order valence-corrected chi connectivity index (χ1v) is 6.89. The minimum absolute atomic E-state index is 0.0142. The van der Waals surface area contributed by atoms with Crippen LogP contribution in [0.2, 0.25) is 0 Å². The fourth-order valence-electron chi connectivity index (χ4n) is 2.26. The first-order valence-electron chi connectivity index (χ1n) is 6.89. The molecule has 0 bridgehead atoms. The molecule has 0 fully saturated rings. The Hall–Kier alpha value is -1.02. The standard InChI is InChI=1S/C16H27NO/c1-11(2)8-13(4)10-18-16-7-6-12(3)9-15(16)14(5)17/h6-7,9,11,13-14H,8,10,17H2,1-5H3/t13?,14-/m0/s1. The summed E-state index contributed by atoms with van der Waals surface area (Å²) in [6.07, 6.45) is 1.19. The molecule has 2 atom stereocenters. The van der Waals surface area contributed by atoms with Gasteiger partial charge in [-0.05, 0) is 38.2 Å². The molecule has 0 aliphatic heterocycles. The van der Waals surface area contributed by atoms with E-state index in [1.54, 1.807) is 0 Å². The molecule has 0 heterocycles. The predicted octanol–water partition coefficient (Wildman–Crippen LogP) is 4.08. The molecule has 0 spiro atoms. The van der Waals surface area contributed by atoms with Gasteiger partial charge in [0.1, 0.15) is 5.75 Å². The monoisotopic (exact) mass is 249 g/mol. The zero-order chi connectivity index (χ0) is 13.7. The van der Waals surface area contributed by atoms with E-state index in [2.05, 4.69) is 39.8 Å². The van der Waals surface area contributed by atoms with Crippen molar-refractivity contribution < 1.29 is 4.74 Å². The predicted molar refractivity (Wildman–Crippen MR) is 77.9 cm³/mol. The highest BCUT2D eigenvalue weighted by molar-refractivity contribution is 5.38. The minimum atomic E-state index is 0.0142. The molecule has 0 saturated heterocycles. The summed E-state index contributed by atoms with van der Waals surface area (Å²) in [5, 5.41) is 0. The Bertz CT molecular complexity index is 371. The Morgan fingerprint density at radius 3 is 2.39 bits per heavy atom. The van der Waals surface area contributed by atoms with E-state index in [9.17, 15) is 0 Å². The van der Waals surface area contributed by atoms with Crippen LogP contribution in [-0.2, 0) is 0 Å². The van der Waals surface area contributed by atoms with Crippen molar-refractivity contribution in [2.24, 2.45) is 17.6 Å². The lowest BCUT2D eigenvalue weighted by Crippen LogP contribution is -2.14. The number of benzene rings is 1. The van der Waals surface area contributed by atoms with E-state index < -0.39 is 0 Å². The first-order chi connectivity index (χ1) is 8.40. The summed E-state index contributed by atoms with van der Waals surface area (Å²) in [7, 11) is 0. The number of hydrogen-bond acceptors (Lipinski definition) is 2. The summed E-state index contributed by atoms with van der Waals surface area (Å²) < 4.78 is 5.94. The second-order valence-corrected chi connectivity index (χ2v) is 5.88. The van der Waals surface area contributed by atoms with Crippen LogP contribution in [-0.4, -0.2) is 6.61 Å². The lowest BCUT2D eigenvalue weighted by atomic mass is 10.00. The fraction of sp³-hybridized carbons (Fsp3) is 0.625. The Kier molecular flexibility index (Phi) is 5.67. The van der Waals surface area contributed by atoms with E-state index in [-0.39, 0.29) is 6.04 Å². The Labute approximate surface area is 112 Å². The number of rotatable bonds is 6. The van der Waals surface area contributed by atoms with Crippen LogP contribution in [0.3, 0.4) is 0 Å². The molecular weight excluding hydrogens is 222 g/mol. The molecule has 1 rings (SSSR count). The zero-order valence-electron chi connectivity index (χ0n) is 12.4. The average molecular weight is 249 g/mol. The lowest BCUT2D eigenvalue weighted by Gasteiger charge is -2.18. The second-order valence-electron chi connectivity index (χ2n) is 5.88. The summed E-state index contributed by atoms with van der Waals surface area (Å²) in [6, 6.07) is 6.25. The molecule has 2 N–H and O–H groups in total. The van der Waals surface area contributed by atoms with Gasteiger partial charge in [-0.25, -0.2) is 0 Å². The van der Waals surface area contributed by atoms with Crippen molar-refractivity contribution in [1.82, 2.24) is 0 Å². The molecule has 0 aliphatic rings. The summed E-state index contributed by atoms with van der Waals surface area (Å²) >= 11 is 0. The van der Waals surface area contributed by atoms with E-state index in [1.807, 2.05) is 13.0 Å². The smallest absolute Gasteiger partial charge is 0.124 e. The van der Waals surface area contributed by atoms with Gasteiger partial charge in [-0.3, -0.25) is 0 Å². The highest BCUT2D eigenvalue weighted by Gasteiger charge is 2.11. The van der Waals surface area contributed by atoms with Gasteiger partial charge in [-0.15, -0.1) is 0 Å². The topological polar surface area (TPSA) is 35.2 Å². The van der Waals surface area contributed by atoms with Crippen molar-refractivity contribution >= 4 is 0 Å². The van der Waals surface area contributed by atoms with Gasteiger partial charge in [0.15, 0.2) is 0 Å². The van der Waals surface area contributed by atoms with Crippen molar-refractivity contribution in [3.8, 4) is 5.75 Å². The molecule has 0 amide bonds. The normalized spacial score (nSPS) is 14.6. The second kappa shape index (κ2) is 6.79. The zero-order valence-corrected chi connectivity index (χ0v) is 12.4. The molecule has 1 aromatic carbocycles. The first kappa shape index (κ1) is 15.0. The molecular formula is C16H27NO. The molecule has 2 nitrogen and oxygen atoms in total. The molecule has 18 heavy (non-hydrogen) atoms. The minimum Gasteiger partial charge on any atom is -0.493 e. The van der Waals surface area contributed by atoms with Crippen LogP contribution in [0.25, 0.3) is 0 Å². The van der Waals surface area contributed by atoms with Gasteiger partial charge in [-0.1, -0.05) is 38.5 Å². The summed E-state index contributed by atoms with van der Waals surface area (Å²) in [4.78, 5) is 0. The van der Waals surface area contributed by atoms with Crippen molar-refractivity contribution in [2.45, 2.75) is 47.1 Å². The molecule has 1 unspecified atom stereocenters. The Morgan fingerprint density at radius 2 is 1.83 bits per heavy atom. The van der Waals surface area contributed by atoms with Crippen LogP contribution in [0.5, 0.6) is 5.75 Å². The van der Waals surface area contributed by atoms with Crippen LogP contribution in [0.1, 0.15) is 51.3 Å². The molecule has 0 radical (unpaired) electrons. The van der Waals surface area contributed by atoms with E-state index in [0.717, 1.165) is 23.8 Å². The third kappa shape index (κ3) is 4.69. The quantitative estimate of drug-likeness (QED) is 0.824. The third-order valence-corrected chi connectivity index (χ3v) is 3.05. The Morgan fingerprint density at radius 1 is 1.17 bits per heavy atom. The maximum atomic E-state index is 5.99. The van der Waals surface area contributed by atoms with Crippen LogP contribution < -0.4 is 10.5 Å². The van der Waals surface area contributed by atoms with Crippen molar-refractivity contribution in [3.63, 3.8) is 0 Å². The molecule has 1 aromatic rings. The van der Waals surface area contributed by atoms with Crippen LogP contribution in [0, 0.1) is 18.8 Å². The molecule has 0 saturated carbocycles. The van der Waals surface area contributed by atoms with Gasteiger partial charge < -0.3 is 10.5 Å². The van der Waals surface area contributed by atoms with Crippen LogP contribution >= 0.6 is 0 Å². The summed E-state index contributed by atoms with van der Waals surface area (Å²) in [5.41, 5.74) is 8.32. The largest absolute Gasteiger partial charge is 0.493 e. The maximum absolute atomic E-state index is 5.99. The SMILES string of the molecule is Cc1ccc(OCC(C)CC(C)C)c([C@H](C)N)c1. The Balaban J connectivity index is 2.67. The van der Waals surface area contributed by atoms with E-state index in [4.69, 9.17) is 10.5 Å². The van der Waals surface area contributed by atoms with Crippen molar-refractivity contribution in [3.05, 3.63) is 29.3 Å². The van der Waals surface area contributed by atoms with E-state index in [0.29, 0.717) is 5.92 Å². The third-order valence-electron chi connectivity index (χ3n) is 3.05.